The first kappa shape index (κ1) is 16.8. The fourth-order valence-corrected chi connectivity index (χ4v) is 2.07. The Hall–Kier alpha value is -1.26. The quantitative estimate of drug-likeness (QED) is 0.789. The number of benzene rings is 1. The van der Waals surface area contributed by atoms with Gasteiger partial charge in [-0.15, -0.1) is 0 Å². The molecule has 0 aliphatic carbocycles. The van der Waals surface area contributed by atoms with E-state index in [0.717, 1.165) is 6.42 Å². The van der Waals surface area contributed by atoms with E-state index in [1.54, 1.807) is 18.2 Å². The molecule has 1 rings (SSSR count). The lowest BCUT2D eigenvalue weighted by molar-refractivity contribution is -0.126. The lowest BCUT2D eigenvalue weighted by Crippen LogP contribution is -2.29. The van der Waals surface area contributed by atoms with Crippen LogP contribution in [0.4, 0.5) is 5.69 Å². The molecule has 0 saturated carbocycles. The van der Waals surface area contributed by atoms with Gasteiger partial charge < -0.3 is 10.6 Å². The van der Waals surface area contributed by atoms with Crippen molar-refractivity contribution in [3.05, 3.63) is 28.2 Å². The van der Waals surface area contributed by atoms with Crippen molar-refractivity contribution >= 4 is 40.7 Å². The highest BCUT2D eigenvalue weighted by atomic mass is 35.5. The predicted molar refractivity (Wildman–Crippen MR) is 82.2 cm³/mol. The summed E-state index contributed by atoms with van der Waals surface area (Å²) in [6.45, 7) is 4.72. The maximum Gasteiger partial charge on any atom is 0.233 e. The van der Waals surface area contributed by atoms with Gasteiger partial charge in [0.05, 0.1) is 0 Å². The van der Waals surface area contributed by atoms with Gasteiger partial charge in [0.25, 0.3) is 0 Å². The second-order valence-electron chi connectivity index (χ2n) is 4.92. The zero-order chi connectivity index (χ0) is 15.1. The number of carbonyl (C=O) groups excluding carboxylic acids is 2. The van der Waals surface area contributed by atoms with Gasteiger partial charge in [-0.3, -0.25) is 9.59 Å². The number of halogens is 2. The molecule has 0 unspecified atom stereocenters. The van der Waals surface area contributed by atoms with E-state index in [1.165, 1.54) is 0 Å². The Labute approximate surface area is 128 Å². The number of amides is 2. The molecule has 2 N–H and O–H groups in total. The summed E-state index contributed by atoms with van der Waals surface area (Å²) in [5.74, 6) is -0.181. The fraction of sp³-hybridized carbons (Fsp3) is 0.429. The molecule has 0 atom stereocenters. The van der Waals surface area contributed by atoms with E-state index in [1.807, 2.05) is 0 Å². The van der Waals surface area contributed by atoms with Crippen LogP contribution in [0.15, 0.2) is 18.2 Å². The van der Waals surface area contributed by atoms with Gasteiger partial charge in [0.15, 0.2) is 0 Å². The third kappa shape index (κ3) is 6.78. The fourth-order valence-electron chi connectivity index (χ4n) is 1.54. The molecule has 0 bridgehead atoms. The standard InChI is InChI=1S/C14H18Cl2N2O2/c1-9(2)3-4-17-13(19)8-14(20)18-12-6-10(15)5-11(16)7-12/h5-7,9H,3-4,8H2,1-2H3,(H,17,19)(H,18,20). The second kappa shape index (κ2) is 8.12. The normalized spacial score (nSPS) is 10.4. The molecule has 0 radical (unpaired) electrons. The SMILES string of the molecule is CC(C)CCNC(=O)CC(=O)Nc1cc(Cl)cc(Cl)c1. The summed E-state index contributed by atoms with van der Waals surface area (Å²) < 4.78 is 0. The number of carbonyl (C=O) groups is 2. The van der Waals surface area contributed by atoms with Crippen LogP contribution in [0, 0.1) is 5.92 Å². The Morgan fingerprint density at radius 2 is 1.70 bits per heavy atom. The van der Waals surface area contributed by atoms with Crippen LogP contribution in [-0.4, -0.2) is 18.4 Å². The first-order chi connectivity index (χ1) is 9.36. The average Bonchev–Trinajstić information content (AvgIpc) is 2.25. The molecule has 0 spiro atoms. The van der Waals surface area contributed by atoms with E-state index in [9.17, 15) is 9.59 Å². The third-order valence-electron chi connectivity index (χ3n) is 2.51. The van der Waals surface area contributed by atoms with Gasteiger partial charge in [0.1, 0.15) is 6.42 Å². The predicted octanol–water partition coefficient (Wildman–Crippen LogP) is 3.48. The molecule has 20 heavy (non-hydrogen) atoms. The van der Waals surface area contributed by atoms with Gasteiger partial charge in [-0.05, 0) is 30.5 Å². The topological polar surface area (TPSA) is 58.2 Å². The Bertz CT molecular complexity index is 470. The molecule has 4 nitrogen and oxygen atoms in total. The monoisotopic (exact) mass is 316 g/mol. The molecule has 0 aliphatic rings. The van der Waals surface area contributed by atoms with Crippen LogP contribution in [0.1, 0.15) is 26.7 Å². The van der Waals surface area contributed by atoms with Crippen molar-refractivity contribution in [1.29, 1.82) is 0 Å². The summed E-state index contributed by atoms with van der Waals surface area (Å²) in [6, 6.07) is 4.71. The molecule has 6 heteroatoms. The maximum atomic E-state index is 11.7. The minimum Gasteiger partial charge on any atom is -0.356 e. The van der Waals surface area contributed by atoms with Crippen LogP contribution < -0.4 is 10.6 Å². The van der Waals surface area contributed by atoms with Crippen molar-refractivity contribution < 1.29 is 9.59 Å². The van der Waals surface area contributed by atoms with Crippen molar-refractivity contribution in [2.45, 2.75) is 26.7 Å². The van der Waals surface area contributed by atoms with E-state index in [4.69, 9.17) is 23.2 Å². The van der Waals surface area contributed by atoms with Crippen LogP contribution in [0.25, 0.3) is 0 Å². The van der Waals surface area contributed by atoms with Gasteiger partial charge >= 0.3 is 0 Å². The number of hydrogen-bond donors (Lipinski definition) is 2. The zero-order valence-electron chi connectivity index (χ0n) is 11.5. The summed E-state index contributed by atoms with van der Waals surface area (Å²) in [5.41, 5.74) is 0.475. The summed E-state index contributed by atoms with van der Waals surface area (Å²) >= 11 is 11.6. The van der Waals surface area contributed by atoms with E-state index >= 15 is 0 Å². The van der Waals surface area contributed by atoms with E-state index < -0.39 is 5.91 Å². The average molecular weight is 317 g/mol. The van der Waals surface area contributed by atoms with Crippen LogP contribution in [0.5, 0.6) is 0 Å². The molecule has 0 aromatic heterocycles. The maximum absolute atomic E-state index is 11.7. The Morgan fingerprint density at radius 1 is 1.10 bits per heavy atom. The molecule has 1 aromatic carbocycles. The van der Waals surface area contributed by atoms with Crippen LogP contribution in [-0.2, 0) is 9.59 Å². The van der Waals surface area contributed by atoms with Gasteiger partial charge in [-0.1, -0.05) is 37.0 Å². The van der Waals surface area contributed by atoms with Crippen molar-refractivity contribution in [2.75, 3.05) is 11.9 Å². The number of rotatable bonds is 6. The van der Waals surface area contributed by atoms with Crippen molar-refractivity contribution in [2.24, 2.45) is 5.92 Å². The Kier molecular flexibility index (Phi) is 6.82. The largest absolute Gasteiger partial charge is 0.356 e. The molecular formula is C14H18Cl2N2O2. The molecule has 0 heterocycles. The third-order valence-corrected chi connectivity index (χ3v) is 2.95. The van der Waals surface area contributed by atoms with Crippen LogP contribution >= 0.6 is 23.2 Å². The summed E-state index contributed by atoms with van der Waals surface area (Å²) in [6.07, 6.45) is 0.666. The van der Waals surface area contributed by atoms with Gasteiger partial charge in [-0.2, -0.15) is 0 Å². The summed E-state index contributed by atoms with van der Waals surface area (Å²) in [7, 11) is 0. The lowest BCUT2D eigenvalue weighted by Gasteiger charge is -2.08. The Morgan fingerprint density at radius 3 is 2.25 bits per heavy atom. The first-order valence-corrected chi connectivity index (χ1v) is 7.15. The van der Waals surface area contributed by atoms with Crippen molar-refractivity contribution in [3.8, 4) is 0 Å². The molecule has 110 valence electrons. The highest BCUT2D eigenvalue weighted by Crippen LogP contribution is 2.22. The molecular weight excluding hydrogens is 299 g/mol. The van der Waals surface area contributed by atoms with Gasteiger partial charge in [0.2, 0.25) is 11.8 Å². The lowest BCUT2D eigenvalue weighted by atomic mass is 10.1. The number of anilines is 1. The molecule has 0 aliphatic heterocycles. The highest BCUT2D eigenvalue weighted by Gasteiger charge is 2.10. The molecule has 0 saturated heterocycles. The molecule has 0 fully saturated rings. The summed E-state index contributed by atoms with van der Waals surface area (Å²) in [5, 5.41) is 6.14. The number of hydrogen-bond acceptors (Lipinski definition) is 2. The van der Waals surface area contributed by atoms with E-state index in [0.29, 0.717) is 28.2 Å². The van der Waals surface area contributed by atoms with Gasteiger partial charge in [-0.25, -0.2) is 0 Å². The zero-order valence-corrected chi connectivity index (χ0v) is 13.0. The summed E-state index contributed by atoms with van der Waals surface area (Å²) in [4.78, 5) is 23.2. The van der Waals surface area contributed by atoms with E-state index in [-0.39, 0.29) is 12.3 Å². The minimum atomic E-state index is -0.398. The van der Waals surface area contributed by atoms with Crippen molar-refractivity contribution in [1.82, 2.24) is 5.32 Å². The minimum absolute atomic E-state index is 0.220. The van der Waals surface area contributed by atoms with E-state index in [2.05, 4.69) is 24.5 Å². The number of nitrogens with one attached hydrogen (secondary N) is 2. The second-order valence-corrected chi connectivity index (χ2v) is 5.79. The van der Waals surface area contributed by atoms with Crippen LogP contribution in [0.3, 0.4) is 0 Å². The Balaban J connectivity index is 2.41. The molecule has 1 aromatic rings. The van der Waals surface area contributed by atoms with Crippen molar-refractivity contribution in [3.63, 3.8) is 0 Å². The first-order valence-electron chi connectivity index (χ1n) is 6.39. The highest BCUT2D eigenvalue weighted by molar-refractivity contribution is 6.35. The van der Waals surface area contributed by atoms with Gasteiger partial charge in [0, 0.05) is 22.3 Å². The molecule has 2 amide bonds. The van der Waals surface area contributed by atoms with Crippen LogP contribution in [0.2, 0.25) is 10.0 Å². The smallest absolute Gasteiger partial charge is 0.233 e.